The normalized spacial score (nSPS) is 14.8. The minimum Gasteiger partial charge on any atom is -0.454 e. The van der Waals surface area contributed by atoms with Gasteiger partial charge >= 0.3 is 5.97 Å². The van der Waals surface area contributed by atoms with Gasteiger partial charge < -0.3 is 9.84 Å². The topological polar surface area (TPSA) is 101 Å². The molecule has 1 fully saturated rings. The molecule has 1 N–H and O–H groups in total. The number of benzene rings is 2. The van der Waals surface area contributed by atoms with Crippen LogP contribution in [0.2, 0.25) is 0 Å². The van der Waals surface area contributed by atoms with Gasteiger partial charge in [-0.15, -0.1) is 0 Å². The molecule has 3 rings (SSSR count). The van der Waals surface area contributed by atoms with E-state index in [2.05, 4.69) is 0 Å². The number of ether oxygens (including phenoxy) is 1. The number of aliphatic hydroxyl groups excluding tert-OH is 1. The first-order valence-electron chi connectivity index (χ1n) is 8.92. The minimum atomic E-state index is -3.53. The molecule has 1 heterocycles. The van der Waals surface area contributed by atoms with Crippen LogP contribution in [0.25, 0.3) is 0 Å². The van der Waals surface area contributed by atoms with Gasteiger partial charge in [0.05, 0.1) is 17.1 Å². The summed E-state index contributed by atoms with van der Waals surface area (Å²) in [6, 6.07) is 11.9. The van der Waals surface area contributed by atoms with Gasteiger partial charge in [-0.25, -0.2) is 13.2 Å². The Kier molecular flexibility index (Phi) is 6.23. The number of nitrogens with zero attached hydrogens (tertiary/aromatic N) is 1. The van der Waals surface area contributed by atoms with Gasteiger partial charge in [0.1, 0.15) is 0 Å². The quantitative estimate of drug-likeness (QED) is 0.561. The van der Waals surface area contributed by atoms with Crippen molar-refractivity contribution in [3.05, 3.63) is 65.2 Å². The lowest BCUT2D eigenvalue weighted by atomic mass is 10.1. The van der Waals surface area contributed by atoms with Crippen LogP contribution in [-0.2, 0) is 21.4 Å². The molecule has 2 aromatic carbocycles. The summed E-state index contributed by atoms with van der Waals surface area (Å²) in [5.74, 6) is -1.07. The van der Waals surface area contributed by atoms with Crippen LogP contribution in [0.5, 0.6) is 0 Å². The summed E-state index contributed by atoms with van der Waals surface area (Å²) >= 11 is 0. The molecule has 0 atom stereocenters. The third-order valence-electron chi connectivity index (χ3n) is 4.59. The largest absolute Gasteiger partial charge is 0.454 e. The highest BCUT2D eigenvalue weighted by Crippen LogP contribution is 2.21. The molecule has 7 nitrogen and oxygen atoms in total. The number of Topliss-reactive ketones (excluding diaryl/α,β-unsaturated/α-hetero) is 1. The van der Waals surface area contributed by atoms with Gasteiger partial charge in [0.15, 0.2) is 12.4 Å². The highest BCUT2D eigenvalue weighted by molar-refractivity contribution is 7.89. The highest BCUT2D eigenvalue weighted by atomic mass is 32.2. The third kappa shape index (κ3) is 4.46. The number of ketones is 1. The molecule has 0 saturated carbocycles. The zero-order valence-electron chi connectivity index (χ0n) is 15.2. The minimum absolute atomic E-state index is 0.128. The molecule has 148 valence electrons. The lowest BCUT2D eigenvalue weighted by molar-refractivity contribution is 0.0474. The van der Waals surface area contributed by atoms with E-state index in [9.17, 15) is 18.0 Å². The molecule has 1 aliphatic rings. The fraction of sp³-hybridized carbons (Fsp3) is 0.300. The number of sulfonamides is 1. The van der Waals surface area contributed by atoms with E-state index < -0.39 is 28.4 Å². The van der Waals surface area contributed by atoms with Crippen LogP contribution in [0.15, 0.2) is 53.4 Å². The van der Waals surface area contributed by atoms with Crippen LogP contribution >= 0.6 is 0 Å². The molecule has 0 bridgehead atoms. The van der Waals surface area contributed by atoms with E-state index in [0.29, 0.717) is 18.7 Å². The number of carbonyl (C=O) groups excluding carboxylic acids is 2. The molecule has 0 aliphatic carbocycles. The molecule has 1 saturated heterocycles. The van der Waals surface area contributed by atoms with Gasteiger partial charge in [0, 0.05) is 18.7 Å². The van der Waals surface area contributed by atoms with Crippen molar-refractivity contribution in [3.63, 3.8) is 0 Å². The standard InChI is InChI=1S/C20H21NO6S/c22-13-15-3-5-17(6-4-15)20(24)27-14-19(23)16-7-9-18(10-8-16)28(25,26)21-11-1-2-12-21/h3-10,22H,1-2,11-14H2. The lowest BCUT2D eigenvalue weighted by Crippen LogP contribution is -2.27. The number of esters is 1. The first kappa shape index (κ1) is 20.2. The first-order valence-corrected chi connectivity index (χ1v) is 10.4. The number of carbonyl (C=O) groups is 2. The van der Waals surface area contributed by atoms with Crippen LogP contribution in [0.4, 0.5) is 0 Å². The molecule has 0 spiro atoms. The Morgan fingerprint density at radius 2 is 1.50 bits per heavy atom. The molecule has 0 amide bonds. The predicted molar refractivity (Wildman–Crippen MR) is 101 cm³/mol. The predicted octanol–water partition coefficient (Wildman–Crippen LogP) is 2.00. The van der Waals surface area contributed by atoms with E-state index in [0.717, 1.165) is 12.8 Å². The van der Waals surface area contributed by atoms with Gasteiger partial charge in [-0.3, -0.25) is 4.79 Å². The van der Waals surface area contributed by atoms with Gasteiger partial charge in [-0.05, 0) is 54.8 Å². The van der Waals surface area contributed by atoms with Crippen LogP contribution in [-0.4, -0.2) is 49.3 Å². The lowest BCUT2D eigenvalue weighted by Gasteiger charge is -2.15. The van der Waals surface area contributed by atoms with Gasteiger partial charge in [0.25, 0.3) is 0 Å². The number of hydrogen-bond acceptors (Lipinski definition) is 6. The van der Waals surface area contributed by atoms with Crippen molar-refractivity contribution in [2.45, 2.75) is 24.3 Å². The van der Waals surface area contributed by atoms with Crippen molar-refractivity contribution >= 4 is 21.8 Å². The Bertz CT molecular complexity index is 945. The molecule has 2 aromatic rings. The highest BCUT2D eigenvalue weighted by Gasteiger charge is 2.27. The third-order valence-corrected chi connectivity index (χ3v) is 6.50. The molecule has 0 radical (unpaired) electrons. The fourth-order valence-corrected chi connectivity index (χ4v) is 4.45. The summed E-state index contributed by atoms with van der Waals surface area (Å²) in [7, 11) is -3.53. The van der Waals surface area contributed by atoms with E-state index in [4.69, 9.17) is 9.84 Å². The van der Waals surface area contributed by atoms with Crippen molar-refractivity contribution in [2.75, 3.05) is 19.7 Å². The molecule has 8 heteroatoms. The van der Waals surface area contributed by atoms with Crippen LogP contribution in [0.3, 0.4) is 0 Å². The van der Waals surface area contributed by atoms with Gasteiger partial charge in [-0.2, -0.15) is 4.31 Å². The molecule has 1 aliphatic heterocycles. The summed E-state index contributed by atoms with van der Waals surface area (Å²) in [5.41, 5.74) is 1.21. The van der Waals surface area contributed by atoms with E-state index in [1.54, 1.807) is 12.1 Å². The SMILES string of the molecule is O=C(COC(=O)c1ccc(CO)cc1)c1ccc(S(=O)(=O)N2CCCC2)cc1. The molecule has 28 heavy (non-hydrogen) atoms. The van der Waals surface area contributed by atoms with Crippen LogP contribution in [0.1, 0.15) is 39.1 Å². The van der Waals surface area contributed by atoms with Crippen molar-refractivity contribution in [1.29, 1.82) is 0 Å². The molecule has 0 unspecified atom stereocenters. The smallest absolute Gasteiger partial charge is 0.338 e. The summed E-state index contributed by atoms with van der Waals surface area (Å²) in [6.07, 6.45) is 1.70. The van der Waals surface area contributed by atoms with Gasteiger partial charge in [0.2, 0.25) is 10.0 Å². The van der Waals surface area contributed by atoms with E-state index >= 15 is 0 Å². The Hall–Kier alpha value is -2.55. The van der Waals surface area contributed by atoms with Crippen LogP contribution < -0.4 is 0 Å². The van der Waals surface area contributed by atoms with Crippen molar-refractivity contribution in [3.8, 4) is 0 Å². The fourth-order valence-electron chi connectivity index (χ4n) is 2.93. The monoisotopic (exact) mass is 403 g/mol. The summed E-state index contributed by atoms with van der Waals surface area (Å²) < 4.78 is 31.4. The number of hydrogen-bond donors (Lipinski definition) is 1. The van der Waals surface area contributed by atoms with Crippen molar-refractivity contribution in [1.82, 2.24) is 4.31 Å². The maximum atomic E-state index is 12.5. The van der Waals surface area contributed by atoms with Crippen molar-refractivity contribution < 1.29 is 27.9 Å². The Labute approximate surface area is 163 Å². The Morgan fingerprint density at radius 3 is 2.07 bits per heavy atom. The second-order valence-corrected chi connectivity index (χ2v) is 8.43. The van der Waals surface area contributed by atoms with Gasteiger partial charge in [-0.1, -0.05) is 12.1 Å². The Morgan fingerprint density at radius 1 is 0.929 bits per heavy atom. The average molecular weight is 403 g/mol. The summed E-state index contributed by atoms with van der Waals surface area (Å²) in [5, 5.41) is 9.00. The maximum Gasteiger partial charge on any atom is 0.338 e. The molecular weight excluding hydrogens is 382 g/mol. The van der Waals surface area contributed by atoms with E-state index in [1.807, 2.05) is 0 Å². The van der Waals surface area contributed by atoms with E-state index in [-0.39, 0.29) is 22.6 Å². The second kappa shape index (κ2) is 8.64. The maximum absolute atomic E-state index is 12.5. The number of aliphatic hydroxyl groups is 1. The second-order valence-electron chi connectivity index (χ2n) is 6.49. The molecular formula is C20H21NO6S. The van der Waals surface area contributed by atoms with Crippen molar-refractivity contribution in [2.24, 2.45) is 0 Å². The van der Waals surface area contributed by atoms with Crippen LogP contribution in [0, 0.1) is 0 Å². The average Bonchev–Trinajstić information content (AvgIpc) is 3.28. The zero-order valence-corrected chi connectivity index (χ0v) is 16.0. The summed E-state index contributed by atoms with van der Waals surface area (Å²) in [6.45, 7) is 0.451. The first-order chi connectivity index (χ1) is 13.4. The zero-order chi connectivity index (χ0) is 20.1. The summed E-state index contributed by atoms with van der Waals surface area (Å²) in [4.78, 5) is 24.4. The Balaban J connectivity index is 1.60. The number of rotatable bonds is 7. The van der Waals surface area contributed by atoms with E-state index in [1.165, 1.54) is 40.7 Å². The molecule has 0 aromatic heterocycles.